The van der Waals surface area contributed by atoms with Crippen molar-refractivity contribution in [3.05, 3.63) is 18.2 Å². The SMILES string of the molecule is CCNC(C)CC(=O)Nc1ccc2c(c1)OCO2. The first kappa shape index (κ1) is 12.7. The van der Waals surface area contributed by atoms with E-state index in [9.17, 15) is 4.79 Å². The Morgan fingerprint density at radius 3 is 2.94 bits per heavy atom. The van der Waals surface area contributed by atoms with Crippen LogP contribution in [-0.2, 0) is 4.79 Å². The summed E-state index contributed by atoms with van der Waals surface area (Å²) in [5.74, 6) is 1.38. The van der Waals surface area contributed by atoms with E-state index in [1.807, 2.05) is 19.9 Å². The number of ether oxygens (including phenoxy) is 2. The number of nitrogens with one attached hydrogen (secondary N) is 2. The van der Waals surface area contributed by atoms with Gasteiger partial charge in [0.1, 0.15) is 0 Å². The third kappa shape index (κ3) is 3.13. The molecule has 2 rings (SSSR count). The van der Waals surface area contributed by atoms with E-state index in [4.69, 9.17) is 9.47 Å². The monoisotopic (exact) mass is 250 g/mol. The maximum Gasteiger partial charge on any atom is 0.231 e. The van der Waals surface area contributed by atoms with Crippen molar-refractivity contribution in [2.24, 2.45) is 0 Å². The summed E-state index contributed by atoms with van der Waals surface area (Å²) in [4.78, 5) is 11.8. The molecule has 1 atom stereocenters. The van der Waals surface area contributed by atoms with Gasteiger partial charge in [0.05, 0.1) is 0 Å². The second kappa shape index (κ2) is 5.73. The lowest BCUT2D eigenvalue weighted by atomic mass is 10.2. The molecule has 1 heterocycles. The van der Waals surface area contributed by atoms with Crippen LogP contribution in [0.5, 0.6) is 11.5 Å². The Kier molecular flexibility index (Phi) is 4.04. The number of rotatable bonds is 5. The molecule has 0 bridgehead atoms. The van der Waals surface area contributed by atoms with Gasteiger partial charge in [-0.1, -0.05) is 6.92 Å². The Bertz CT molecular complexity index is 434. The fourth-order valence-corrected chi connectivity index (χ4v) is 1.89. The van der Waals surface area contributed by atoms with Crippen LogP contribution in [-0.4, -0.2) is 25.3 Å². The van der Waals surface area contributed by atoms with Crippen molar-refractivity contribution >= 4 is 11.6 Å². The lowest BCUT2D eigenvalue weighted by Crippen LogP contribution is -2.30. The van der Waals surface area contributed by atoms with Crippen LogP contribution in [0.25, 0.3) is 0 Å². The smallest absolute Gasteiger partial charge is 0.231 e. The highest BCUT2D eigenvalue weighted by atomic mass is 16.7. The summed E-state index contributed by atoms with van der Waals surface area (Å²) in [5.41, 5.74) is 0.730. The van der Waals surface area contributed by atoms with E-state index in [0.717, 1.165) is 12.2 Å². The molecule has 0 saturated heterocycles. The van der Waals surface area contributed by atoms with Gasteiger partial charge >= 0.3 is 0 Å². The molecule has 1 unspecified atom stereocenters. The van der Waals surface area contributed by atoms with Gasteiger partial charge in [-0.3, -0.25) is 4.79 Å². The number of hydrogen-bond acceptors (Lipinski definition) is 4. The van der Waals surface area contributed by atoms with Crippen molar-refractivity contribution in [1.29, 1.82) is 0 Å². The standard InChI is InChI=1S/C13H18N2O3/c1-3-14-9(2)6-13(16)15-10-4-5-11-12(7-10)18-8-17-11/h4-5,7,9,14H,3,6,8H2,1-2H3,(H,15,16). The van der Waals surface area contributed by atoms with Crippen LogP contribution in [0.3, 0.4) is 0 Å². The van der Waals surface area contributed by atoms with Crippen molar-refractivity contribution in [3.8, 4) is 11.5 Å². The van der Waals surface area contributed by atoms with Gasteiger partial charge in [0.15, 0.2) is 11.5 Å². The summed E-state index contributed by atoms with van der Waals surface area (Å²) in [5, 5.41) is 6.04. The lowest BCUT2D eigenvalue weighted by molar-refractivity contribution is -0.116. The molecule has 5 heteroatoms. The summed E-state index contributed by atoms with van der Waals surface area (Å²) in [7, 11) is 0. The highest BCUT2D eigenvalue weighted by Crippen LogP contribution is 2.34. The zero-order valence-corrected chi connectivity index (χ0v) is 10.7. The molecular formula is C13H18N2O3. The first-order chi connectivity index (χ1) is 8.69. The molecule has 98 valence electrons. The zero-order chi connectivity index (χ0) is 13.0. The minimum Gasteiger partial charge on any atom is -0.454 e. The Morgan fingerprint density at radius 2 is 2.17 bits per heavy atom. The van der Waals surface area contributed by atoms with E-state index in [1.165, 1.54) is 0 Å². The number of carbonyl (C=O) groups excluding carboxylic acids is 1. The quantitative estimate of drug-likeness (QED) is 0.835. The molecule has 0 radical (unpaired) electrons. The maximum absolute atomic E-state index is 11.8. The number of fused-ring (bicyclic) bond motifs is 1. The van der Waals surface area contributed by atoms with E-state index >= 15 is 0 Å². The molecule has 1 amide bonds. The second-order valence-corrected chi connectivity index (χ2v) is 4.28. The van der Waals surface area contributed by atoms with Gasteiger partial charge in [0, 0.05) is 24.2 Å². The molecule has 5 nitrogen and oxygen atoms in total. The van der Waals surface area contributed by atoms with Gasteiger partial charge in [-0.05, 0) is 25.6 Å². The number of carbonyl (C=O) groups is 1. The van der Waals surface area contributed by atoms with E-state index in [2.05, 4.69) is 10.6 Å². The topological polar surface area (TPSA) is 59.6 Å². The number of anilines is 1. The molecule has 0 aliphatic carbocycles. The maximum atomic E-state index is 11.8. The molecule has 18 heavy (non-hydrogen) atoms. The number of hydrogen-bond donors (Lipinski definition) is 2. The minimum absolute atomic E-state index is 0.0117. The fraction of sp³-hybridized carbons (Fsp3) is 0.462. The predicted molar refractivity (Wildman–Crippen MR) is 69.0 cm³/mol. The minimum atomic E-state index is -0.0117. The third-order valence-corrected chi connectivity index (χ3v) is 2.70. The van der Waals surface area contributed by atoms with Gasteiger partial charge in [-0.25, -0.2) is 0 Å². The summed E-state index contributed by atoms with van der Waals surface area (Å²) in [6.45, 7) is 5.11. The summed E-state index contributed by atoms with van der Waals surface area (Å²) < 4.78 is 10.5. The van der Waals surface area contributed by atoms with Crippen LogP contribution < -0.4 is 20.1 Å². The first-order valence-electron chi connectivity index (χ1n) is 6.12. The molecule has 0 spiro atoms. The van der Waals surface area contributed by atoms with Crippen molar-refractivity contribution in [2.45, 2.75) is 26.3 Å². The molecule has 1 aromatic carbocycles. The Hall–Kier alpha value is -1.75. The molecule has 1 aliphatic rings. The zero-order valence-electron chi connectivity index (χ0n) is 10.7. The van der Waals surface area contributed by atoms with Gasteiger partial charge in [0.25, 0.3) is 0 Å². The molecule has 1 aliphatic heterocycles. The molecule has 0 saturated carbocycles. The summed E-state index contributed by atoms with van der Waals surface area (Å²) in [6, 6.07) is 5.55. The summed E-state index contributed by atoms with van der Waals surface area (Å²) in [6.07, 6.45) is 0.447. The van der Waals surface area contributed by atoms with Crippen molar-refractivity contribution in [3.63, 3.8) is 0 Å². The molecular weight excluding hydrogens is 232 g/mol. The molecule has 0 fully saturated rings. The van der Waals surface area contributed by atoms with Crippen LogP contribution in [0, 0.1) is 0 Å². The van der Waals surface area contributed by atoms with Gasteiger partial charge in [-0.15, -0.1) is 0 Å². The van der Waals surface area contributed by atoms with Crippen molar-refractivity contribution < 1.29 is 14.3 Å². The molecule has 0 aromatic heterocycles. The third-order valence-electron chi connectivity index (χ3n) is 2.70. The van der Waals surface area contributed by atoms with Crippen LogP contribution in [0.15, 0.2) is 18.2 Å². The average molecular weight is 250 g/mol. The van der Waals surface area contributed by atoms with Crippen LogP contribution in [0.2, 0.25) is 0 Å². The molecule has 1 aromatic rings. The summed E-state index contributed by atoms with van der Waals surface area (Å²) >= 11 is 0. The van der Waals surface area contributed by atoms with Gasteiger partial charge in [-0.2, -0.15) is 0 Å². The fourth-order valence-electron chi connectivity index (χ4n) is 1.89. The Labute approximate surface area is 106 Å². The van der Waals surface area contributed by atoms with Crippen LogP contribution in [0.1, 0.15) is 20.3 Å². The number of benzene rings is 1. The van der Waals surface area contributed by atoms with E-state index in [-0.39, 0.29) is 18.7 Å². The predicted octanol–water partition coefficient (Wildman–Crippen LogP) is 1.74. The van der Waals surface area contributed by atoms with E-state index in [0.29, 0.717) is 17.9 Å². The van der Waals surface area contributed by atoms with Crippen molar-refractivity contribution in [1.82, 2.24) is 5.32 Å². The number of amides is 1. The Balaban J connectivity index is 1.91. The van der Waals surface area contributed by atoms with Crippen molar-refractivity contribution in [2.75, 3.05) is 18.7 Å². The second-order valence-electron chi connectivity index (χ2n) is 4.28. The van der Waals surface area contributed by atoms with Crippen LogP contribution in [0.4, 0.5) is 5.69 Å². The van der Waals surface area contributed by atoms with Gasteiger partial charge in [0.2, 0.25) is 12.7 Å². The highest BCUT2D eigenvalue weighted by Gasteiger charge is 2.14. The largest absolute Gasteiger partial charge is 0.454 e. The van der Waals surface area contributed by atoms with E-state index < -0.39 is 0 Å². The highest BCUT2D eigenvalue weighted by molar-refractivity contribution is 5.91. The molecule has 2 N–H and O–H groups in total. The first-order valence-corrected chi connectivity index (χ1v) is 6.12. The normalized spacial score (nSPS) is 14.3. The van der Waals surface area contributed by atoms with E-state index in [1.54, 1.807) is 12.1 Å². The lowest BCUT2D eigenvalue weighted by Gasteiger charge is -2.12. The Morgan fingerprint density at radius 1 is 1.39 bits per heavy atom. The average Bonchev–Trinajstić information content (AvgIpc) is 2.76. The van der Waals surface area contributed by atoms with Gasteiger partial charge < -0.3 is 20.1 Å². The van der Waals surface area contributed by atoms with Crippen LogP contribution >= 0.6 is 0 Å².